The lowest BCUT2D eigenvalue weighted by Gasteiger charge is -2.45. The maximum atomic E-state index is 12.1. The molecular weight excluding hydrogens is 480 g/mol. The number of hydrogen-bond acceptors (Lipinski definition) is 12. The number of fused-ring (bicyclic) bond motifs is 1. The van der Waals surface area contributed by atoms with E-state index in [1.165, 1.54) is 31.2 Å². The van der Waals surface area contributed by atoms with Gasteiger partial charge in [-0.25, -0.2) is 4.79 Å². The predicted octanol–water partition coefficient (Wildman–Crippen LogP) is -1.49. The van der Waals surface area contributed by atoms with Gasteiger partial charge in [0.05, 0.1) is 23.9 Å². The Bertz CT molecular complexity index is 991. The molecule has 1 aromatic carbocycles. The van der Waals surface area contributed by atoms with E-state index in [-0.39, 0.29) is 12.2 Å². The van der Waals surface area contributed by atoms with Crippen molar-refractivity contribution in [3.63, 3.8) is 0 Å². The molecule has 1 saturated heterocycles. The Balaban J connectivity index is 1.40. The molecule has 0 spiro atoms. The van der Waals surface area contributed by atoms with Crippen LogP contribution >= 0.6 is 0 Å². The zero-order valence-electron chi connectivity index (χ0n) is 19.3. The third kappa shape index (κ3) is 5.12. The molecule has 1 saturated carbocycles. The Labute approximate surface area is 206 Å². The van der Waals surface area contributed by atoms with Gasteiger partial charge in [-0.2, -0.15) is 0 Å². The first-order chi connectivity index (χ1) is 16.9. The van der Waals surface area contributed by atoms with Crippen molar-refractivity contribution in [3.05, 3.63) is 48.2 Å². The lowest BCUT2D eigenvalue weighted by molar-refractivity contribution is -0.351. The SMILES string of the molecule is CC1(O)CC(O)C2(O)C=COC(OC3OC(COC(=O)C=Cc4ccc(O)cc4)C(O)C(O)C3O)C12. The molecule has 4 rings (SSSR count). The Morgan fingerprint density at radius 2 is 1.78 bits per heavy atom. The highest BCUT2D eigenvalue weighted by Gasteiger charge is 2.64. The molecule has 12 nitrogen and oxygen atoms in total. The van der Waals surface area contributed by atoms with Crippen molar-refractivity contribution in [1.29, 1.82) is 0 Å². The minimum absolute atomic E-state index is 0.0720. The highest BCUT2D eigenvalue weighted by molar-refractivity contribution is 5.87. The molecular formula is C24H30O12. The number of carbonyl (C=O) groups is 1. The van der Waals surface area contributed by atoms with Crippen LogP contribution in [-0.4, -0.2) is 103 Å². The second-order valence-electron chi connectivity index (χ2n) is 9.45. The molecule has 0 bridgehead atoms. The van der Waals surface area contributed by atoms with E-state index in [9.17, 15) is 40.5 Å². The zero-order chi connectivity index (χ0) is 26.3. The number of aliphatic hydroxyl groups excluding tert-OH is 4. The van der Waals surface area contributed by atoms with Gasteiger partial charge in [0.1, 0.15) is 42.4 Å². The Hall–Kier alpha value is -2.55. The van der Waals surface area contributed by atoms with Crippen LogP contribution in [0.1, 0.15) is 18.9 Å². The predicted molar refractivity (Wildman–Crippen MR) is 120 cm³/mol. The number of benzene rings is 1. The first-order valence-electron chi connectivity index (χ1n) is 11.4. The molecule has 1 aromatic rings. The van der Waals surface area contributed by atoms with Crippen molar-refractivity contribution >= 4 is 12.0 Å². The number of phenolic OH excluding ortho intramolecular Hbond substituents is 1. The fourth-order valence-corrected chi connectivity index (χ4v) is 4.79. The van der Waals surface area contributed by atoms with Gasteiger partial charge in [0.25, 0.3) is 0 Å². The number of hydrogen-bond donors (Lipinski definition) is 7. The maximum Gasteiger partial charge on any atom is 0.330 e. The standard InChI is InChI=1S/C24H30O12/c1-23(31)10-15(26)24(32)8-9-33-22(20(23)24)36-21-19(30)18(29)17(28)14(35-21)11-34-16(27)7-4-12-2-5-13(25)6-3-12/h2-9,14-15,17-22,25-26,28-32H,10-11H2,1H3. The first-order valence-corrected chi connectivity index (χ1v) is 11.4. The summed E-state index contributed by atoms with van der Waals surface area (Å²) in [6.07, 6.45) is -6.05. The van der Waals surface area contributed by atoms with E-state index >= 15 is 0 Å². The quantitative estimate of drug-likeness (QED) is 0.173. The van der Waals surface area contributed by atoms with Crippen LogP contribution in [0.2, 0.25) is 0 Å². The second kappa shape index (κ2) is 10.1. The molecule has 2 fully saturated rings. The number of phenols is 1. The third-order valence-corrected chi connectivity index (χ3v) is 6.76. The first kappa shape index (κ1) is 26.5. The van der Waals surface area contributed by atoms with Gasteiger partial charge in [0, 0.05) is 12.5 Å². The second-order valence-corrected chi connectivity index (χ2v) is 9.45. The number of ether oxygens (including phenoxy) is 4. The van der Waals surface area contributed by atoms with E-state index < -0.39 is 72.8 Å². The Morgan fingerprint density at radius 3 is 2.47 bits per heavy atom. The highest BCUT2D eigenvalue weighted by atomic mass is 16.8. The Morgan fingerprint density at radius 1 is 1.08 bits per heavy atom. The average Bonchev–Trinajstić information content (AvgIpc) is 3.02. The summed E-state index contributed by atoms with van der Waals surface area (Å²) < 4.78 is 21.7. The van der Waals surface area contributed by atoms with Gasteiger partial charge in [-0.05, 0) is 36.8 Å². The Kier molecular flexibility index (Phi) is 7.42. The van der Waals surface area contributed by atoms with Gasteiger partial charge in [0.2, 0.25) is 6.29 Å². The summed E-state index contributed by atoms with van der Waals surface area (Å²) in [6.45, 7) is 0.890. The van der Waals surface area contributed by atoms with Crippen molar-refractivity contribution in [2.45, 2.75) is 67.6 Å². The van der Waals surface area contributed by atoms with Crippen molar-refractivity contribution < 1.29 is 59.5 Å². The summed E-state index contributed by atoms with van der Waals surface area (Å²) in [4.78, 5) is 12.1. The highest BCUT2D eigenvalue weighted by Crippen LogP contribution is 2.49. The summed E-state index contributed by atoms with van der Waals surface area (Å²) in [7, 11) is 0. The number of aromatic hydroxyl groups is 1. The molecule has 10 unspecified atom stereocenters. The largest absolute Gasteiger partial charge is 0.508 e. The molecule has 10 atom stereocenters. The van der Waals surface area contributed by atoms with E-state index in [2.05, 4.69) is 0 Å². The normalized spacial score (nSPS) is 42.2. The summed E-state index contributed by atoms with van der Waals surface area (Å²) in [5, 5.41) is 72.2. The van der Waals surface area contributed by atoms with Gasteiger partial charge < -0.3 is 54.7 Å². The topological polar surface area (TPSA) is 196 Å². The van der Waals surface area contributed by atoms with Gasteiger partial charge >= 0.3 is 5.97 Å². The molecule has 12 heteroatoms. The van der Waals surface area contributed by atoms with E-state index in [0.29, 0.717) is 5.56 Å². The van der Waals surface area contributed by atoms with E-state index in [1.54, 1.807) is 12.1 Å². The number of aliphatic hydroxyl groups is 6. The molecule has 2 heterocycles. The summed E-state index contributed by atoms with van der Waals surface area (Å²) in [5.41, 5.74) is -2.86. The minimum Gasteiger partial charge on any atom is -0.508 e. The molecule has 0 radical (unpaired) electrons. The van der Waals surface area contributed by atoms with E-state index in [4.69, 9.17) is 18.9 Å². The van der Waals surface area contributed by atoms with Crippen LogP contribution in [0.4, 0.5) is 0 Å². The molecule has 3 aliphatic rings. The fraction of sp³-hybridized carbons (Fsp3) is 0.542. The van der Waals surface area contributed by atoms with Crippen LogP contribution in [0.5, 0.6) is 5.75 Å². The van der Waals surface area contributed by atoms with Crippen LogP contribution < -0.4 is 0 Å². The number of rotatable bonds is 6. The smallest absolute Gasteiger partial charge is 0.330 e. The third-order valence-electron chi connectivity index (χ3n) is 6.76. The fourth-order valence-electron chi connectivity index (χ4n) is 4.79. The summed E-state index contributed by atoms with van der Waals surface area (Å²) in [6, 6.07) is 6.05. The van der Waals surface area contributed by atoms with Crippen LogP contribution in [0.25, 0.3) is 6.08 Å². The van der Waals surface area contributed by atoms with Gasteiger partial charge in [0.15, 0.2) is 6.29 Å². The van der Waals surface area contributed by atoms with Crippen molar-refractivity contribution in [1.82, 2.24) is 0 Å². The molecule has 7 N–H and O–H groups in total. The lowest BCUT2D eigenvalue weighted by Crippen LogP contribution is -2.62. The molecule has 2 aliphatic heterocycles. The molecule has 36 heavy (non-hydrogen) atoms. The number of esters is 1. The van der Waals surface area contributed by atoms with E-state index in [1.807, 2.05) is 0 Å². The lowest BCUT2D eigenvalue weighted by atomic mass is 9.81. The van der Waals surface area contributed by atoms with Gasteiger partial charge in [-0.1, -0.05) is 12.1 Å². The molecule has 198 valence electrons. The zero-order valence-corrected chi connectivity index (χ0v) is 19.3. The average molecular weight is 510 g/mol. The van der Waals surface area contributed by atoms with Gasteiger partial charge in [-0.15, -0.1) is 0 Å². The van der Waals surface area contributed by atoms with Crippen LogP contribution in [0, 0.1) is 5.92 Å². The molecule has 0 amide bonds. The minimum atomic E-state index is -1.87. The summed E-state index contributed by atoms with van der Waals surface area (Å²) >= 11 is 0. The van der Waals surface area contributed by atoms with Crippen LogP contribution in [0.3, 0.4) is 0 Å². The molecule has 1 aliphatic carbocycles. The van der Waals surface area contributed by atoms with Crippen LogP contribution in [-0.2, 0) is 23.7 Å². The summed E-state index contributed by atoms with van der Waals surface area (Å²) in [5.74, 6) is -1.88. The monoisotopic (exact) mass is 510 g/mol. The molecule has 0 aromatic heterocycles. The van der Waals surface area contributed by atoms with Crippen molar-refractivity contribution in [2.75, 3.05) is 6.61 Å². The van der Waals surface area contributed by atoms with Crippen molar-refractivity contribution in [3.8, 4) is 5.75 Å². The van der Waals surface area contributed by atoms with E-state index in [0.717, 1.165) is 12.3 Å². The van der Waals surface area contributed by atoms with Gasteiger partial charge in [-0.3, -0.25) is 0 Å². The maximum absolute atomic E-state index is 12.1. The van der Waals surface area contributed by atoms with Crippen molar-refractivity contribution in [2.24, 2.45) is 5.92 Å². The van der Waals surface area contributed by atoms with Crippen LogP contribution in [0.15, 0.2) is 42.7 Å². The number of carbonyl (C=O) groups excluding carboxylic acids is 1.